The molecule has 2 heterocycles. The number of rotatable bonds is 2. The SMILES string of the molecule is Ic1cnc(Sc2ncccn2)nc1. The second-order valence-corrected chi connectivity index (χ2v) is 4.50. The third-order valence-corrected chi connectivity index (χ3v) is 2.67. The second kappa shape index (κ2) is 4.65. The third kappa shape index (κ3) is 2.61. The first-order chi connectivity index (χ1) is 6.84. The lowest BCUT2D eigenvalue weighted by atomic mass is 10.7. The van der Waals surface area contributed by atoms with Crippen LogP contribution in [0.15, 0.2) is 41.2 Å². The van der Waals surface area contributed by atoms with Crippen LogP contribution in [0.1, 0.15) is 0 Å². The maximum atomic E-state index is 4.14. The van der Waals surface area contributed by atoms with Crippen LogP contribution >= 0.6 is 34.4 Å². The number of nitrogens with zero attached hydrogens (tertiary/aromatic N) is 4. The van der Waals surface area contributed by atoms with E-state index in [2.05, 4.69) is 42.5 Å². The number of halogens is 1. The number of aromatic nitrogens is 4. The van der Waals surface area contributed by atoms with Crippen molar-refractivity contribution in [2.45, 2.75) is 10.3 Å². The van der Waals surface area contributed by atoms with Gasteiger partial charge in [-0.25, -0.2) is 19.9 Å². The van der Waals surface area contributed by atoms with Gasteiger partial charge in [-0.15, -0.1) is 0 Å². The summed E-state index contributed by atoms with van der Waals surface area (Å²) in [6.45, 7) is 0. The molecule has 0 fully saturated rings. The van der Waals surface area contributed by atoms with Crippen LogP contribution in [0.5, 0.6) is 0 Å². The van der Waals surface area contributed by atoms with Gasteiger partial charge >= 0.3 is 0 Å². The molecule has 2 aromatic rings. The van der Waals surface area contributed by atoms with Gasteiger partial charge in [0.15, 0.2) is 10.3 Å². The Bertz CT molecular complexity index is 405. The lowest BCUT2D eigenvalue weighted by molar-refractivity contribution is 0.922. The van der Waals surface area contributed by atoms with Crippen LogP contribution in [-0.4, -0.2) is 19.9 Å². The van der Waals surface area contributed by atoms with E-state index in [9.17, 15) is 0 Å². The first kappa shape index (κ1) is 9.78. The van der Waals surface area contributed by atoms with Crippen LogP contribution in [0, 0.1) is 3.57 Å². The molecule has 2 aromatic heterocycles. The highest BCUT2D eigenvalue weighted by atomic mass is 127. The molecular formula is C8H5IN4S. The van der Waals surface area contributed by atoms with Gasteiger partial charge in [0, 0.05) is 28.4 Å². The van der Waals surface area contributed by atoms with Gasteiger partial charge in [-0.1, -0.05) is 0 Å². The predicted molar refractivity (Wildman–Crippen MR) is 60.9 cm³/mol. The summed E-state index contributed by atoms with van der Waals surface area (Å²) in [4.78, 5) is 16.4. The van der Waals surface area contributed by atoms with Gasteiger partial charge in [-0.05, 0) is 40.4 Å². The van der Waals surface area contributed by atoms with Crippen molar-refractivity contribution in [1.82, 2.24) is 19.9 Å². The van der Waals surface area contributed by atoms with E-state index in [1.54, 1.807) is 30.9 Å². The normalized spacial score (nSPS) is 10.1. The van der Waals surface area contributed by atoms with Crippen LogP contribution in [0.25, 0.3) is 0 Å². The third-order valence-electron chi connectivity index (χ3n) is 1.32. The summed E-state index contributed by atoms with van der Waals surface area (Å²) in [5, 5.41) is 1.32. The molecule has 0 spiro atoms. The molecule has 14 heavy (non-hydrogen) atoms. The summed E-state index contributed by atoms with van der Waals surface area (Å²) in [6, 6.07) is 1.78. The molecule has 4 nitrogen and oxygen atoms in total. The smallest absolute Gasteiger partial charge is 0.195 e. The number of hydrogen-bond acceptors (Lipinski definition) is 5. The Kier molecular flexibility index (Phi) is 3.25. The molecule has 0 aliphatic heterocycles. The van der Waals surface area contributed by atoms with Crippen molar-refractivity contribution in [3.8, 4) is 0 Å². The molecule has 0 saturated carbocycles. The van der Waals surface area contributed by atoms with Gasteiger partial charge in [0.1, 0.15) is 0 Å². The first-order valence-corrected chi connectivity index (χ1v) is 5.66. The Balaban J connectivity index is 2.16. The topological polar surface area (TPSA) is 51.6 Å². The van der Waals surface area contributed by atoms with Crippen molar-refractivity contribution in [3.05, 3.63) is 34.4 Å². The second-order valence-electron chi connectivity index (χ2n) is 2.32. The van der Waals surface area contributed by atoms with Crippen LogP contribution in [-0.2, 0) is 0 Å². The lowest BCUT2D eigenvalue weighted by Crippen LogP contribution is -1.89. The minimum absolute atomic E-state index is 0.661. The molecule has 0 atom stereocenters. The van der Waals surface area contributed by atoms with Crippen molar-refractivity contribution < 1.29 is 0 Å². The van der Waals surface area contributed by atoms with E-state index in [1.807, 2.05) is 0 Å². The van der Waals surface area contributed by atoms with Crippen molar-refractivity contribution in [3.63, 3.8) is 0 Å². The van der Waals surface area contributed by atoms with Crippen molar-refractivity contribution in [1.29, 1.82) is 0 Å². The molecule has 6 heteroatoms. The summed E-state index contributed by atoms with van der Waals surface area (Å²) in [5.74, 6) is 0. The molecule has 0 saturated heterocycles. The summed E-state index contributed by atoms with van der Waals surface area (Å²) < 4.78 is 1.01. The van der Waals surface area contributed by atoms with E-state index < -0.39 is 0 Å². The van der Waals surface area contributed by atoms with Crippen molar-refractivity contribution >= 4 is 34.4 Å². The zero-order valence-electron chi connectivity index (χ0n) is 6.96. The summed E-state index contributed by atoms with van der Waals surface area (Å²) in [5.41, 5.74) is 0. The van der Waals surface area contributed by atoms with Crippen LogP contribution in [0.4, 0.5) is 0 Å². The first-order valence-electron chi connectivity index (χ1n) is 3.77. The van der Waals surface area contributed by atoms with E-state index in [0.717, 1.165) is 3.57 Å². The monoisotopic (exact) mass is 316 g/mol. The van der Waals surface area contributed by atoms with Gasteiger partial charge in [0.25, 0.3) is 0 Å². The Morgan fingerprint density at radius 1 is 0.929 bits per heavy atom. The molecule has 0 unspecified atom stereocenters. The van der Waals surface area contributed by atoms with Gasteiger partial charge in [-0.2, -0.15) is 0 Å². The highest BCUT2D eigenvalue weighted by Crippen LogP contribution is 2.19. The molecule has 0 amide bonds. The predicted octanol–water partition coefficient (Wildman–Crippen LogP) is 2.02. The maximum Gasteiger partial charge on any atom is 0.195 e. The highest BCUT2D eigenvalue weighted by molar-refractivity contribution is 14.1. The van der Waals surface area contributed by atoms with Crippen molar-refractivity contribution in [2.75, 3.05) is 0 Å². The Morgan fingerprint density at radius 2 is 1.50 bits per heavy atom. The Labute approximate surface area is 98.8 Å². The summed E-state index contributed by atoms with van der Waals surface area (Å²) in [6.07, 6.45) is 6.92. The minimum Gasteiger partial charge on any atom is -0.231 e. The molecule has 0 aromatic carbocycles. The average molecular weight is 316 g/mol. The molecule has 0 N–H and O–H groups in total. The quantitative estimate of drug-likeness (QED) is 0.627. The van der Waals surface area contributed by atoms with Gasteiger partial charge in [0.05, 0.1) is 0 Å². The van der Waals surface area contributed by atoms with Gasteiger partial charge in [-0.3, -0.25) is 0 Å². The molecule has 0 aliphatic carbocycles. The highest BCUT2D eigenvalue weighted by Gasteiger charge is 2.01. The zero-order chi connectivity index (χ0) is 9.80. The molecule has 0 aliphatic rings. The Hall–Kier alpha value is -0.760. The zero-order valence-corrected chi connectivity index (χ0v) is 9.94. The average Bonchev–Trinajstić information content (AvgIpc) is 2.23. The molecule has 0 radical (unpaired) electrons. The fraction of sp³-hybridized carbons (Fsp3) is 0. The van der Waals surface area contributed by atoms with Crippen LogP contribution in [0.2, 0.25) is 0 Å². The van der Waals surface area contributed by atoms with E-state index in [-0.39, 0.29) is 0 Å². The lowest BCUT2D eigenvalue weighted by Gasteiger charge is -1.96. The van der Waals surface area contributed by atoms with Crippen LogP contribution < -0.4 is 0 Å². The summed E-state index contributed by atoms with van der Waals surface area (Å²) >= 11 is 3.51. The molecule has 0 bridgehead atoms. The van der Waals surface area contributed by atoms with Crippen LogP contribution in [0.3, 0.4) is 0 Å². The fourth-order valence-corrected chi connectivity index (χ4v) is 1.65. The van der Waals surface area contributed by atoms with E-state index >= 15 is 0 Å². The van der Waals surface area contributed by atoms with Crippen molar-refractivity contribution in [2.24, 2.45) is 0 Å². The molecule has 2 rings (SSSR count). The standard InChI is InChI=1S/C8H5IN4S/c9-6-4-12-8(13-5-6)14-7-10-2-1-3-11-7/h1-5H. The largest absolute Gasteiger partial charge is 0.231 e. The van der Waals surface area contributed by atoms with Gasteiger partial charge < -0.3 is 0 Å². The van der Waals surface area contributed by atoms with E-state index in [4.69, 9.17) is 0 Å². The maximum absolute atomic E-state index is 4.14. The van der Waals surface area contributed by atoms with E-state index in [1.165, 1.54) is 11.8 Å². The molecular weight excluding hydrogens is 311 g/mol. The summed E-state index contributed by atoms with van der Waals surface area (Å²) in [7, 11) is 0. The van der Waals surface area contributed by atoms with Gasteiger partial charge in [0.2, 0.25) is 0 Å². The molecule has 70 valence electrons. The minimum atomic E-state index is 0.661. The van der Waals surface area contributed by atoms with E-state index in [0.29, 0.717) is 10.3 Å². The fourth-order valence-electron chi connectivity index (χ4n) is 0.773. The number of hydrogen-bond donors (Lipinski definition) is 0. The Morgan fingerprint density at radius 3 is 2.14 bits per heavy atom.